The third kappa shape index (κ3) is 5.57. The van der Waals surface area contributed by atoms with Crippen molar-refractivity contribution >= 4 is 27.3 Å². The molecule has 1 heterocycles. The zero-order valence-electron chi connectivity index (χ0n) is 20.7. The number of hydrogen-bond donors (Lipinski definition) is 1. The lowest BCUT2D eigenvalue weighted by atomic mass is 10.1. The van der Waals surface area contributed by atoms with Gasteiger partial charge in [-0.25, -0.2) is 8.42 Å². The molecule has 1 N–H and O–H groups in total. The number of hydrogen-bond acceptors (Lipinski definition) is 6. The van der Waals surface area contributed by atoms with Crippen molar-refractivity contribution in [1.82, 2.24) is 4.90 Å². The Balaban J connectivity index is 1.41. The first-order valence-electron chi connectivity index (χ1n) is 11.9. The van der Waals surface area contributed by atoms with Crippen molar-refractivity contribution in [2.75, 3.05) is 49.5 Å². The maximum Gasteiger partial charge on any atom is 0.265 e. The molecular formula is C27H31N3O5S. The number of para-hydroxylation sites is 2. The molecule has 0 aromatic heterocycles. The van der Waals surface area contributed by atoms with Crippen molar-refractivity contribution in [3.63, 3.8) is 0 Å². The van der Waals surface area contributed by atoms with Gasteiger partial charge in [-0.3, -0.25) is 9.52 Å². The Kier molecular flexibility index (Phi) is 7.69. The van der Waals surface area contributed by atoms with Gasteiger partial charge in [-0.05, 0) is 67.9 Å². The van der Waals surface area contributed by atoms with Crippen molar-refractivity contribution in [3.05, 3.63) is 77.9 Å². The van der Waals surface area contributed by atoms with Crippen LogP contribution in [0.5, 0.6) is 11.5 Å². The zero-order chi connectivity index (χ0) is 25.7. The molecule has 0 saturated carbocycles. The van der Waals surface area contributed by atoms with E-state index >= 15 is 0 Å². The van der Waals surface area contributed by atoms with Gasteiger partial charge in [0, 0.05) is 37.4 Å². The van der Waals surface area contributed by atoms with Gasteiger partial charge in [0.2, 0.25) is 0 Å². The topological polar surface area (TPSA) is 88.2 Å². The van der Waals surface area contributed by atoms with Crippen molar-refractivity contribution in [2.24, 2.45) is 0 Å². The molecule has 8 nitrogen and oxygen atoms in total. The number of sulfonamides is 1. The van der Waals surface area contributed by atoms with Crippen molar-refractivity contribution < 1.29 is 22.7 Å². The molecule has 36 heavy (non-hydrogen) atoms. The summed E-state index contributed by atoms with van der Waals surface area (Å²) in [6, 6.07) is 19.4. The molecule has 0 atom stereocenters. The smallest absolute Gasteiger partial charge is 0.265 e. The Labute approximate surface area is 212 Å². The summed E-state index contributed by atoms with van der Waals surface area (Å²) >= 11 is 0. The summed E-state index contributed by atoms with van der Waals surface area (Å²) in [5.41, 5.74) is 2.71. The fourth-order valence-electron chi connectivity index (χ4n) is 4.22. The number of nitrogens with zero attached hydrogens (tertiary/aromatic N) is 2. The van der Waals surface area contributed by atoms with Gasteiger partial charge >= 0.3 is 0 Å². The van der Waals surface area contributed by atoms with Gasteiger partial charge < -0.3 is 19.3 Å². The fraction of sp³-hybridized carbons (Fsp3) is 0.296. The molecule has 0 spiro atoms. The average Bonchev–Trinajstić information content (AvgIpc) is 2.89. The summed E-state index contributed by atoms with van der Waals surface area (Å²) in [6.07, 6.45) is 0. The third-order valence-electron chi connectivity index (χ3n) is 6.07. The summed E-state index contributed by atoms with van der Waals surface area (Å²) < 4.78 is 39.6. The molecule has 1 saturated heterocycles. The highest BCUT2D eigenvalue weighted by atomic mass is 32.2. The molecule has 0 unspecified atom stereocenters. The quantitative estimate of drug-likeness (QED) is 0.491. The van der Waals surface area contributed by atoms with Crippen LogP contribution in [0.15, 0.2) is 71.6 Å². The van der Waals surface area contributed by atoms with Gasteiger partial charge in [-0.1, -0.05) is 18.2 Å². The minimum Gasteiger partial charge on any atom is -0.495 e. The predicted molar refractivity (Wildman–Crippen MR) is 141 cm³/mol. The number of carbonyl (C=O) groups excluding carboxylic acids is 1. The van der Waals surface area contributed by atoms with Gasteiger partial charge in [0.15, 0.2) is 0 Å². The second-order valence-electron chi connectivity index (χ2n) is 8.52. The molecule has 1 fully saturated rings. The molecule has 1 amide bonds. The van der Waals surface area contributed by atoms with Crippen LogP contribution in [0, 0.1) is 6.92 Å². The van der Waals surface area contributed by atoms with Crippen molar-refractivity contribution in [1.29, 1.82) is 0 Å². The number of carbonyl (C=O) groups is 1. The van der Waals surface area contributed by atoms with Gasteiger partial charge in [-0.2, -0.15) is 0 Å². The van der Waals surface area contributed by atoms with E-state index in [4.69, 9.17) is 9.47 Å². The molecule has 190 valence electrons. The van der Waals surface area contributed by atoms with Crippen LogP contribution in [0.2, 0.25) is 0 Å². The summed E-state index contributed by atoms with van der Waals surface area (Å²) in [7, 11) is -2.21. The summed E-state index contributed by atoms with van der Waals surface area (Å²) in [5, 5.41) is 0. The molecule has 4 rings (SSSR count). The first-order valence-corrected chi connectivity index (χ1v) is 13.3. The standard InChI is InChI=1S/C27H31N3O5S/c1-4-35-25-14-9-20(2)19-26(25)36(32,33)28-22-12-10-21(11-13-22)27(31)30-17-15-29(16-18-30)23-7-5-6-8-24(23)34-3/h5-14,19,28H,4,15-18H2,1-3H3. The number of amides is 1. The van der Waals surface area contributed by atoms with Gasteiger partial charge in [0.1, 0.15) is 16.4 Å². The normalized spacial score (nSPS) is 13.9. The highest BCUT2D eigenvalue weighted by Crippen LogP contribution is 2.29. The molecule has 1 aliphatic heterocycles. The number of rotatable bonds is 8. The number of benzene rings is 3. The van der Waals surface area contributed by atoms with Crippen LogP contribution in [0.4, 0.5) is 11.4 Å². The molecule has 9 heteroatoms. The van der Waals surface area contributed by atoms with E-state index in [2.05, 4.69) is 9.62 Å². The van der Waals surface area contributed by atoms with Gasteiger partial charge in [0.05, 0.1) is 19.4 Å². The number of piperazine rings is 1. The third-order valence-corrected chi connectivity index (χ3v) is 7.47. The van der Waals surface area contributed by atoms with E-state index in [0.717, 1.165) is 17.0 Å². The molecular weight excluding hydrogens is 478 g/mol. The number of aryl methyl sites for hydroxylation is 1. The van der Waals surface area contributed by atoms with E-state index in [1.807, 2.05) is 36.1 Å². The lowest BCUT2D eigenvalue weighted by Crippen LogP contribution is -2.48. The van der Waals surface area contributed by atoms with E-state index in [1.165, 1.54) is 0 Å². The van der Waals surface area contributed by atoms with Crippen LogP contribution in [0.1, 0.15) is 22.8 Å². The number of ether oxygens (including phenoxy) is 2. The molecule has 0 aliphatic carbocycles. The van der Waals surface area contributed by atoms with E-state index < -0.39 is 10.0 Å². The largest absolute Gasteiger partial charge is 0.495 e. The van der Waals surface area contributed by atoms with E-state index in [-0.39, 0.29) is 10.8 Å². The van der Waals surface area contributed by atoms with Gasteiger partial charge in [-0.15, -0.1) is 0 Å². The number of anilines is 2. The number of nitrogens with one attached hydrogen (secondary N) is 1. The Hall–Kier alpha value is -3.72. The lowest BCUT2D eigenvalue weighted by Gasteiger charge is -2.36. The van der Waals surface area contributed by atoms with Crippen LogP contribution in [-0.4, -0.2) is 59.1 Å². The monoisotopic (exact) mass is 509 g/mol. The van der Waals surface area contributed by atoms with Crippen LogP contribution in [-0.2, 0) is 10.0 Å². The fourth-order valence-corrected chi connectivity index (χ4v) is 5.50. The molecule has 3 aromatic rings. The minimum absolute atomic E-state index is 0.0809. The molecule has 0 radical (unpaired) electrons. The number of methoxy groups -OCH3 is 1. The Morgan fingerprint density at radius 2 is 1.64 bits per heavy atom. The van der Waals surface area contributed by atoms with Gasteiger partial charge in [0.25, 0.3) is 15.9 Å². The zero-order valence-corrected chi connectivity index (χ0v) is 21.5. The van der Waals surface area contributed by atoms with Crippen LogP contribution >= 0.6 is 0 Å². The predicted octanol–water partition coefficient (Wildman–Crippen LogP) is 4.17. The average molecular weight is 510 g/mol. The van der Waals surface area contributed by atoms with Crippen LogP contribution in [0.25, 0.3) is 0 Å². The molecule has 0 bridgehead atoms. The van der Waals surface area contributed by atoms with E-state index in [9.17, 15) is 13.2 Å². The molecule has 3 aromatic carbocycles. The van der Waals surface area contributed by atoms with E-state index in [1.54, 1.807) is 56.5 Å². The maximum atomic E-state index is 13.1. The second-order valence-corrected chi connectivity index (χ2v) is 10.2. The highest BCUT2D eigenvalue weighted by Gasteiger charge is 2.24. The highest BCUT2D eigenvalue weighted by molar-refractivity contribution is 7.92. The van der Waals surface area contributed by atoms with Crippen molar-refractivity contribution in [2.45, 2.75) is 18.7 Å². The Morgan fingerprint density at radius 3 is 2.31 bits per heavy atom. The van der Waals surface area contributed by atoms with Crippen LogP contribution < -0.4 is 19.1 Å². The summed E-state index contributed by atoms with van der Waals surface area (Å²) in [6.45, 7) is 6.54. The second kappa shape index (κ2) is 10.9. The molecule has 1 aliphatic rings. The van der Waals surface area contributed by atoms with Crippen LogP contribution in [0.3, 0.4) is 0 Å². The summed E-state index contributed by atoms with van der Waals surface area (Å²) in [4.78, 5) is 17.2. The first kappa shape index (κ1) is 25.4. The first-order chi connectivity index (χ1) is 17.3. The Bertz CT molecular complexity index is 1320. The lowest BCUT2D eigenvalue weighted by molar-refractivity contribution is 0.0746. The summed E-state index contributed by atoms with van der Waals surface area (Å²) in [5.74, 6) is 1.03. The Morgan fingerprint density at radius 1 is 0.944 bits per heavy atom. The SMILES string of the molecule is CCOc1ccc(C)cc1S(=O)(=O)Nc1ccc(C(=O)N2CCN(c3ccccc3OC)CC2)cc1. The maximum absolute atomic E-state index is 13.1. The van der Waals surface area contributed by atoms with Crippen molar-refractivity contribution in [3.8, 4) is 11.5 Å². The minimum atomic E-state index is -3.87. The van der Waals surface area contributed by atoms with E-state index in [0.29, 0.717) is 49.8 Å².